The third kappa shape index (κ3) is 3.73. The SMILES string of the molecule is CCn1nc(C)cc1C(=O)N1CCC2(CC1)COCCN2Cc1csc(C)n1. The third-order valence-corrected chi connectivity index (χ3v) is 6.79. The van der Waals surface area contributed by atoms with Crippen molar-refractivity contribution in [2.24, 2.45) is 0 Å². The average molecular weight is 404 g/mol. The van der Waals surface area contributed by atoms with Gasteiger partial charge in [0, 0.05) is 43.6 Å². The molecule has 7 nitrogen and oxygen atoms in total. The van der Waals surface area contributed by atoms with Crippen LogP contribution in [0.3, 0.4) is 0 Å². The zero-order chi connectivity index (χ0) is 19.7. The maximum Gasteiger partial charge on any atom is 0.272 e. The van der Waals surface area contributed by atoms with Gasteiger partial charge in [-0.15, -0.1) is 11.3 Å². The van der Waals surface area contributed by atoms with Crippen molar-refractivity contribution in [2.75, 3.05) is 32.8 Å². The standard InChI is InChI=1S/C20H29N5O2S/c1-4-25-18(11-15(2)22-25)19(26)23-7-5-20(6-8-23)14-27-10-9-24(20)12-17-13-28-16(3)21-17/h11,13H,4-10,12,14H2,1-3H3. The van der Waals surface area contributed by atoms with E-state index < -0.39 is 0 Å². The Morgan fingerprint density at radius 1 is 1.29 bits per heavy atom. The molecule has 2 fully saturated rings. The maximum absolute atomic E-state index is 13.1. The van der Waals surface area contributed by atoms with Gasteiger partial charge in [-0.25, -0.2) is 4.98 Å². The predicted molar refractivity (Wildman–Crippen MR) is 109 cm³/mol. The van der Waals surface area contributed by atoms with Gasteiger partial charge < -0.3 is 9.64 Å². The van der Waals surface area contributed by atoms with Crippen LogP contribution in [-0.2, 0) is 17.8 Å². The fraction of sp³-hybridized carbons (Fsp3) is 0.650. The highest BCUT2D eigenvalue weighted by molar-refractivity contribution is 7.09. The van der Waals surface area contributed by atoms with Gasteiger partial charge in [-0.3, -0.25) is 14.4 Å². The number of hydrogen-bond acceptors (Lipinski definition) is 6. The predicted octanol–water partition coefficient (Wildman–Crippen LogP) is 2.48. The van der Waals surface area contributed by atoms with Crippen molar-refractivity contribution >= 4 is 17.2 Å². The zero-order valence-electron chi connectivity index (χ0n) is 17.0. The molecule has 0 radical (unpaired) electrons. The first kappa shape index (κ1) is 19.5. The number of hydrogen-bond donors (Lipinski definition) is 0. The lowest BCUT2D eigenvalue weighted by molar-refractivity contribution is -0.0962. The van der Waals surface area contributed by atoms with Gasteiger partial charge in [-0.1, -0.05) is 0 Å². The molecule has 0 bridgehead atoms. The molecule has 2 aromatic rings. The lowest BCUT2D eigenvalue weighted by atomic mass is 9.85. The van der Waals surface area contributed by atoms with Gasteiger partial charge >= 0.3 is 0 Å². The number of aromatic nitrogens is 3. The first-order valence-electron chi connectivity index (χ1n) is 10.1. The molecule has 4 heterocycles. The molecule has 4 rings (SSSR count). The van der Waals surface area contributed by atoms with Gasteiger partial charge in [-0.05, 0) is 39.7 Å². The summed E-state index contributed by atoms with van der Waals surface area (Å²) in [6.07, 6.45) is 1.86. The van der Waals surface area contributed by atoms with Gasteiger partial charge in [0.2, 0.25) is 0 Å². The molecule has 0 saturated carbocycles. The number of carbonyl (C=O) groups excluding carboxylic acids is 1. The van der Waals surface area contributed by atoms with Crippen LogP contribution in [-0.4, -0.2) is 68.9 Å². The first-order valence-corrected chi connectivity index (χ1v) is 11.0. The molecule has 2 aliphatic heterocycles. The molecule has 2 saturated heterocycles. The number of thiazole rings is 1. The number of morpholine rings is 1. The minimum Gasteiger partial charge on any atom is -0.378 e. The second-order valence-corrected chi connectivity index (χ2v) is 8.90. The fourth-order valence-electron chi connectivity index (χ4n) is 4.40. The van der Waals surface area contributed by atoms with Gasteiger partial charge in [0.25, 0.3) is 5.91 Å². The van der Waals surface area contributed by atoms with Crippen molar-refractivity contribution < 1.29 is 9.53 Å². The number of aryl methyl sites for hydroxylation is 3. The van der Waals surface area contributed by atoms with E-state index in [0.717, 1.165) is 68.6 Å². The average Bonchev–Trinajstić information content (AvgIpc) is 3.28. The maximum atomic E-state index is 13.1. The van der Waals surface area contributed by atoms with Crippen LogP contribution in [0.5, 0.6) is 0 Å². The van der Waals surface area contributed by atoms with E-state index in [2.05, 4.69) is 27.3 Å². The summed E-state index contributed by atoms with van der Waals surface area (Å²) in [6.45, 7) is 11.5. The molecule has 0 aliphatic carbocycles. The Balaban J connectivity index is 1.45. The van der Waals surface area contributed by atoms with Crippen LogP contribution >= 0.6 is 11.3 Å². The Morgan fingerprint density at radius 2 is 2.07 bits per heavy atom. The van der Waals surface area contributed by atoms with Crippen LogP contribution in [0.1, 0.15) is 46.6 Å². The topological polar surface area (TPSA) is 63.5 Å². The van der Waals surface area contributed by atoms with Gasteiger partial charge in [0.05, 0.1) is 29.6 Å². The van der Waals surface area contributed by atoms with E-state index in [9.17, 15) is 4.79 Å². The van der Waals surface area contributed by atoms with Crippen molar-refractivity contribution in [1.29, 1.82) is 0 Å². The van der Waals surface area contributed by atoms with Crippen LogP contribution in [0.25, 0.3) is 0 Å². The van der Waals surface area contributed by atoms with Gasteiger partial charge in [-0.2, -0.15) is 5.10 Å². The normalized spacial score (nSPS) is 20.0. The number of ether oxygens (including phenoxy) is 1. The first-order chi connectivity index (χ1) is 13.5. The van der Waals surface area contributed by atoms with Crippen LogP contribution < -0.4 is 0 Å². The van der Waals surface area contributed by atoms with Crippen molar-refractivity contribution in [2.45, 2.75) is 52.2 Å². The van der Waals surface area contributed by atoms with Crippen LogP contribution in [0.2, 0.25) is 0 Å². The largest absolute Gasteiger partial charge is 0.378 e. The molecule has 152 valence electrons. The van der Waals surface area contributed by atoms with Crippen molar-refractivity contribution in [3.8, 4) is 0 Å². The number of piperidine rings is 1. The molecule has 1 amide bonds. The quantitative estimate of drug-likeness (QED) is 0.785. The minimum absolute atomic E-state index is 0.00741. The molecule has 0 N–H and O–H groups in total. The molecule has 28 heavy (non-hydrogen) atoms. The number of nitrogens with zero attached hydrogens (tertiary/aromatic N) is 5. The molecular formula is C20H29N5O2S. The van der Waals surface area contributed by atoms with Gasteiger partial charge in [0.1, 0.15) is 5.69 Å². The number of likely N-dealkylation sites (tertiary alicyclic amines) is 1. The zero-order valence-corrected chi connectivity index (χ0v) is 17.8. The number of rotatable bonds is 4. The highest BCUT2D eigenvalue weighted by Gasteiger charge is 2.43. The molecule has 0 unspecified atom stereocenters. The Kier molecular flexibility index (Phi) is 5.53. The smallest absolute Gasteiger partial charge is 0.272 e. The van der Waals surface area contributed by atoms with Crippen molar-refractivity contribution in [3.05, 3.63) is 33.5 Å². The second kappa shape index (κ2) is 7.93. The lowest BCUT2D eigenvalue weighted by Crippen LogP contribution is -2.61. The summed E-state index contributed by atoms with van der Waals surface area (Å²) in [4.78, 5) is 22.2. The van der Waals surface area contributed by atoms with E-state index in [1.807, 2.05) is 29.5 Å². The summed E-state index contributed by atoms with van der Waals surface area (Å²) in [5.74, 6) is 0.0932. The molecule has 0 aromatic carbocycles. The summed E-state index contributed by atoms with van der Waals surface area (Å²) in [5, 5.41) is 7.69. The number of amides is 1. The van der Waals surface area contributed by atoms with Crippen LogP contribution in [0, 0.1) is 13.8 Å². The molecule has 0 atom stereocenters. The Hall–Kier alpha value is -1.77. The van der Waals surface area contributed by atoms with E-state index in [1.54, 1.807) is 11.3 Å². The van der Waals surface area contributed by atoms with Gasteiger partial charge in [0.15, 0.2) is 0 Å². The molecule has 8 heteroatoms. The second-order valence-electron chi connectivity index (χ2n) is 7.84. The monoisotopic (exact) mass is 403 g/mol. The molecular weight excluding hydrogens is 374 g/mol. The number of carbonyl (C=O) groups is 1. The summed E-state index contributed by atoms with van der Waals surface area (Å²) in [5.41, 5.74) is 2.74. The summed E-state index contributed by atoms with van der Waals surface area (Å²) in [7, 11) is 0. The Bertz CT molecular complexity index is 838. The van der Waals surface area contributed by atoms with E-state index in [4.69, 9.17) is 4.74 Å². The van der Waals surface area contributed by atoms with Crippen molar-refractivity contribution in [1.82, 2.24) is 24.6 Å². The summed E-state index contributed by atoms with van der Waals surface area (Å²) < 4.78 is 7.69. The third-order valence-electron chi connectivity index (χ3n) is 5.97. The van der Waals surface area contributed by atoms with E-state index in [1.165, 1.54) is 0 Å². The minimum atomic E-state index is 0.00741. The Labute approximate surface area is 170 Å². The Morgan fingerprint density at radius 3 is 2.75 bits per heavy atom. The highest BCUT2D eigenvalue weighted by atomic mass is 32.1. The molecule has 1 spiro atoms. The van der Waals surface area contributed by atoms with E-state index in [0.29, 0.717) is 12.2 Å². The highest BCUT2D eigenvalue weighted by Crippen LogP contribution is 2.33. The summed E-state index contributed by atoms with van der Waals surface area (Å²) >= 11 is 1.71. The molecule has 2 aromatic heterocycles. The van der Waals surface area contributed by atoms with E-state index >= 15 is 0 Å². The van der Waals surface area contributed by atoms with Crippen LogP contribution in [0.15, 0.2) is 11.4 Å². The van der Waals surface area contributed by atoms with Crippen molar-refractivity contribution in [3.63, 3.8) is 0 Å². The lowest BCUT2D eigenvalue weighted by Gasteiger charge is -2.51. The van der Waals surface area contributed by atoms with E-state index in [-0.39, 0.29) is 11.4 Å². The summed E-state index contributed by atoms with van der Waals surface area (Å²) in [6, 6.07) is 1.90. The fourth-order valence-corrected chi connectivity index (χ4v) is 5.00. The van der Waals surface area contributed by atoms with Crippen LogP contribution in [0.4, 0.5) is 0 Å². The molecule has 2 aliphatic rings.